The van der Waals surface area contributed by atoms with Crippen LogP contribution in [0.4, 0.5) is 0 Å². The number of nitrogens with zero attached hydrogens (tertiary/aromatic N) is 2. The standard InChI is InChI=1S/C25H23N3O2/c1-18-10-11-22(19(2)12-18)14-25(29)28-27-16-23-8-3-4-9-24(23)30-17-21-7-5-6-20(13-21)15-26/h3-13,16H,14,17H2,1-2H3,(H,28,29)/b27-16+. The summed E-state index contributed by atoms with van der Waals surface area (Å²) in [4.78, 5) is 12.2. The maximum atomic E-state index is 12.2. The number of amides is 1. The summed E-state index contributed by atoms with van der Waals surface area (Å²) in [5.74, 6) is 0.470. The van der Waals surface area contributed by atoms with Crippen LogP contribution in [0.2, 0.25) is 0 Å². The van der Waals surface area contributed by atoms with Crippen molar-refractivity contribution in [2.45, 2.75) is 26.9 Å². The molecule has 3 rings (SSSR count). The van der Waals surface area contributed by atoms with Gasteiger partial charge in [0, 0.05) is 5.56 Å². The molecular weight excluding hydrogens is 374 g/mol. The Morgan fingerprint density at radius 1 is 1.10 bits per heavy atom. The number of carbonyl (C=O) groups is 1. The van der Waals surface area contributed by atoms with Crippen LogP contribution in [0.25, 0.3) is 0 Å². The van der Waals surface area contributed by atoms with Gasteiger partial charge in [0.2, 0.25) is 5.91 Å². The average Bonchev–Trinajstić information content (AvgIpc) is 2.75. The summed E-state index contributed by atoms with van der Waals surface area (Å²) in [5, 5.41) is 13.1. The largest absolute Gasteiger partial charge is 0.488 e. The predicted octanol–water partition coefficient (Wildman–Crippen LogP) is 4.45. The molecule has 0 unspecified atom stereocenters. The van der Waals surface area contributed by atoms with E-state index in [4.69, 9.17) is 10.00 Å². The molecule has 0 radical (unpaired) electrons. The third kappa shape index (κ3) is 5.79. The van der Waals surface area contributed by atoms with Gasteiger partial charge in [-0.3, -0.25) is 4.79 Å². The van der Waals surface area contributed by atoms with Crippen molar-refractivity contribution in [1.82, 2.24) is 5.43 Å². The maximum absolute atomic E-state index is 12.2. The number of hydrogen-bond donors (Lipinski definition) is 1. The number of hydrogen-bond acceptors (Lipinski definition) is 4. The lowest BCUT2D eigenvalue weighted by atomic mass is 10.0. The van der Waals surface area contributed by atoms with Crippen molar-refractivity contribution >= 4 is 12.1 Å². The smallest absolute Gasteiger partial charge is 0.244 e. The van der Waals surface area contributed by atoms with E-state index in [2.05, 4.69) is 22.7 Å². The first kappa shape index (κ1) is 20.8. The summed E-state index contributed by atoms with van der Waals surface area (Å²) in [5.41, 5.74) is 8.07. The lowest BCUT2D eigenvalue weighted by molar-refractivity contribution is -0.120. The van der Waals surface area contributed by atoms with E-state index < -0.39 is 0 Å². The molecule has 30 heavy (non-hydrogen) atoms. The zero-order chi connectivity index (χ0) is 21.3. The molecule has 5 nitrogen and oxygen atoms in total. The molecule has 150 valence electrons. The molecule has 0 aromatic heterocycles. The molecule has 0 bridgehead atoms. The van der Waals surface area contributed by atoms with Crippen LogP contribution < -0.4 is 10.2 Å². The number of nitrogens with one attached hydrogen (secondary N) is 1. The second kappa shape index (κ2) is 10.0. The van der Waals surface area contributed by atoms with E-state index in [1.807, 2.05) is 62.4 Å². The first-order valence-electron chi connectivity index (χ1n) is 9.64. The summed E-state index contributed by atoms with van der Waals surface area (Å²) in [6.45, 7) is 4.36. The minimum atomic E-state index is -0.176. The molecule has 0 aliphatic carbocycles. The Kier molecular flexibility index (Phi) is 6.96. The molecule has 0 atom stereocenters. The van der Waals surface area contributed by atoms with Crippen LogP contribution in [0, 0.1) is 25.2 Å². The van der Waals surface area contributed by atoms with E-state index in [1.165, 1.54) is 5.56 Å². The van der Waals surface area contributed by atoms with Crippen molar-refractivity contribution in [1.29, 1.82) is 5.26 Å². The van der Waals surface area contributed by atoms with Gasteiger partial charge in [-0.15, -0.1) is 0 Å². The molecule has 0 fully saturated rings. The number of aryl methyl sites for hydroxylation is 2. The Morgan fingerprint density at radius 3 is 2.73 bits per heavy atom. The van der Waals surface area contributed by atoms with Crippen LogP contribution in [0.15, 0.2) is 71.8 Å². The van der Waals surface area contributed by atoms with Crippen molar-refractivity contribution in [3.8, 4) is 11.8 Å². The van der Waals surface area contributed by atoms with Crippen molar-refractivity contribution in [2.24, 2.45) is 5.10 Å². The van der Waals surface area contributed by atoms with Gasteiger partial charge in [-0.1, -0.05) is 48.0 Å². The van der Waals surface area contributed by atoms with Crippen molar-refractivity contribution in [3.05, 3.63) is 100 Å². The fourth-order valence-corrected chi connectivity index (χ4v) is 3.04. The number of carbonyl (C=O) groups excluding carboxylic acids is 1. The Labute approximate surface area is 176 Å². The minimum absolute atomic E-state index is 0.176. The normalized spacial score (nSPS) is 10.6. The van der Waals surface area contributed by atoms with E-state index in [0.29, 0.717) is 17.9 Å². The van der Waals surface area contributed by atoms with E-state index in [0.717, 1.165) is 22.3 Å². The number of hydrazone groups is 1. The van der Waals surface area contributed by atoms with Crippen LogP contribution in [0.3, 0.4) is 0 Å². The molecule has 0 spiro atoms. The van der Waals surface area contributed by atoms with Gasteiger partial charge in [-0.25, -0.2) is 5.43 Å². The van der Waals surface area contributed by atoms with Crippen molar-refractivity contribution < 1.29 is 9.53 Å². The first-order valence-corrected chi connectivity index (χ1v) is 9.64. The molecule has 0 saturated carbocycles. The lowest BCUT2D eigenvalue weighted by Crippen LogP contribution is -2.20. The Balaban J connectivity index is 1.60. The molecule has 0 heterocycles. The monoisotopic (exact) mass is 397 g/mol. The SMILES string of the molecule is Cc1ccc(CC(=O)N/N=C/c2ccccc2OCc2cccc(C#N)c2)c(C)c1. The van der Waals surface area contributed by atoms with Crippen molar-refractivity contribution in [3.63, 3.8) is 0 Å². The summed E-state index contributed by atoms with van der Waals surface area (Å²) >= 11 is 0. The quantitative estimate of drug-likeness (QED) is 0.473. The summed E-state index contributed by atoms with van der Waals surface area (Å²) < 4.78 is 5.89. The van der Waals surface area contributed by atoms with Gasteiger partial charge < -0.3 is 4.74 Å². The van der Waals surface area contributed by atoms with Gasteiger partial charge >= 0.3 is 0 Å². The zero-order valence-corrected chi connectivity index (χ0v) is 17.1. The summed E-state index contributed by atoms with van der Waals surface area (Å²) in [6, 6.07) is 22.9. The summed E-state index contributed by atoms with van der Waals surface area (Å²) in [7, 11) is 0. The van der Waals surface area contributed by atoms with Crippen LogP contribution in [-0.2, 0) is 17.8 Å². The third-order valence-corrected chi connectivity index (χ3v) is 4.61. The molecule has 0 saturated heterocycles. The van der Waals surface area contributed by atoms with E-state index >= 15 is 0 Å². The number of nitriles is 1. The molecule has 1 amide bonds. The Bertz CT molecular complexity index is 1110. The van der Waals surface area contributed by atoms with Crippen LogP contribution in [0.1, 0.15) is 33.4 Å². The maximum Gasteiger partial charge on any atom is 0.244 e. The van der Waals surface area contributed by atoms with Crippen LogP contribution in [-0.4, -0.2) is 12.1 Å². The van der Waals surface area contributed by atoms with Gasteiger partial charge in [0.15, 0.2) is 0 Å². The fraction of sp³-hybridized carbons (Fsp3) is 0.160. The van der Waals surface area contributed by atoms with Gasteiger partial charge in [0.05, 0.1) is 24.3 Å². The molecule has 3 aromatic rings. The van der Waals surface area contributed by atoms with Gasteiger partial charge in [-0.2, -0.15) is 10.4 Å². The Hall–Kier alpha value is -3.91. The minimum Gasteiger partial charge on any atom is -0.488 e. The van der Waals surface area contributed by atoms with E-state index in [1.54, 1.807) is 18.3 Å². The highest BCUT2D eigenvalue weighted by Crippen LogP contribution is 2.18. The first-order chi connectivity index (χ1) is 14.5. The van der Waals surface area contributed by atoms with Crippen LogP contribution in [0.5, 0.6) is 5.75 Å². The van der Waals surface area contributed by atoms with Crippen LogP contribution >= 0.6 is 0 Å². The lowest BCUT2D eigenvalue weighted by Gasteiger charge is -2.09. The highest BCUT2D eigenvalue weighted by molar-refractivity contribution is 5.85. The van der Waals surface area contributed by atoms with Gasteiger partial charge in [0.1, 0.15) is 12.4 Å². The number of ether oxygens (including phenoxy) is 1. The average molecular weight is 397 g/mol. The third-order valence-electron chi connectivity index (χ3n) is 4.61. The van der Waals surface area contributed by atoms with E-state index in [-0.39, 0.29) is 12.3 Å². The fourth-order valence-electron chi connectivity index (χ4n) is 3.04. The van der Waals surface area contributed by atoms with E-state index in [9.17, 15) is 4.79 Å². The zero-order valence-electron chi connectivity index (χ0n) is 17.1. The second-order valence-corrected chi connectivity index (χ2v) is 7.04. The summed E-state index contributed by atoms with van der Waals surface area (Å²) in [6.07, 6.45) is 1.85. The van der Waals surface area contributed by atoms with Gasteiger partial charge in [0.25, 0.3) is 0 Å². The topological polar surface area (TPSA) is 74.5 Å². The molecule has 0 aliphatic heterocycles. The molecule has 5 heteroatoms. The highest BCUT2D eigenvalue weighted by atomic mass is 16.5. The second-order valence-electron chi connectivity index (χ2n) is 7.04. The number of para-hydroxylation sites is 1. The Morgan fingerprint density at radius 2 is 1.93 bits per heavy atom. The number of benzene rings is 3. The number of rotatable bonds is 7. The molecular formula is C25H23N3O2. The predicted molar refractivity (Wildman–Crippen MR) is 117 cm³/mol. The molecule has 0 aliphatic rings. The molecule has 1 N–H and O–H groups in total. The highest BCUT2D eigenvalue weighted by Gasteiger charge is 2.06. The van der Waals surface area contributed by atoms with Gasteiger partial charge in [-0.05, 0) is 54.8 Å². The van der Waals surface area contributed by atoms with Crippen molar-refractivity contribution in [2.75, 3.05) is 0 Å². The molecule has 3 aromatic carbocycles.